The van der Waals surface area contributed by atoms with Crippen LogP contribution in [0.2, 0.25) is 0 Å². The third-order valence-electron chi connectivity index (χ3n) is 3.41. The van der Waals surface area contributed by atoms with Gasteiger partial charge in [0.05, 0.1) is 13.2 Å². The maximum absolute atomic E-state index is 12.3. The lowest BCUT2D eigenvalue weighted by molar-refractivity contribution is 0.0950. The van der Waals surface area contributed by atoms with Gasteiger partial charge in [-0.25, -0.2) is 0 Å². The summed E-state index contributed by atoms with van der Waals surface area (Å²) in [6.07, 6.45) is 0. The molecule has 4 nitrogen and oxygen atoms in total. The maximum atomic E-state index is 12.3. The van der Waals surface area contributed by atoms with Crippen molar-refractivity contribution in [2.45, 2.75) is 27.0 Å². The molecule has 0 fully saturated rings. The van der Waals surface area contributed by atoms with Crippen LogP contribution >= 0.6 is 0 Å². The number of carbonyl (C=O) groups is 1. The minimum absolute atomic E-state index is 0.0371. The van der Waals surface area contributed by atoms with Gasteiger partial charge in [0, 0.05) is 12.1 Å². The molecule has 0 aliphatic heterocycles. The molecule has 0 aromatic heterocycles. The first-order valence-electron chi connectivity index (χ1n) is 7.79. The van der Waals surface area contributed by atoms with Crippen LogP contribution in [0.1, 0.15) is 35.3 Å². The number of carbonyl (C=O) groups excluding carboxylic acids is 1. The highest BCUT2D eigenvalue weighted by Crippen LogP contribution is 2.15. The topological polar surface area (TPSA) is 58.6 Å². The van der Waals surface area contributed by atoms with Crippen LogP contribution in [-0.4, -0.2) is 17.6 Å². The van der Waals surface area contributed by atoms with Crippen molar-refractivity contribution in [3.05, 3.63) is 65.2 Å². The van der Waals surface area contributed by atoms with Gasteiger partial charge >= 0.3 is 0 Å². The molecule has 0 saturated carbocycles. The fourth-order valence-corrected chi connectivity index (χ4v) is 2.15. The summed E-state index contributed by atoms with van der Waals surface area (Å²) in [4.78, 5) is 12.3. The summed E-state index contributed by atoms with van der Waals surface area (Å²) in [6.45, 7) is 5.12. The lowest BCUT2D eigenvalue weighted by atomic mass is 10.1. The van der Waals surface area contributed by atoms with Crippen molar-refractivity contribution < 1.29 is 14.6 Å². The molecule has 0 radical (unpaired) electrons. The molecular formula is C19H23NO3. The predicted octanol–water partition coefficient (Wildman–Crippen LogP) is 3.14. The van der Waals surface area contributed by atoms with E-state index in [-0.39, 0.29) is 12.5 Å². The number of aliphatic hydroxyl groups is 1. The summed E-state index contributed by atoms with van der Waals surface area (Å²) in [5.41, 5.74) is 2.30. The number of rotatable bonds is 7. The summed E-state index contributed by atoms with van der Waals surface area (Å²) in [6, 6.07) is 14.7. The summed E-state index contributed by atoms with van der Waals surface area (Å²) in [5.74, 6) is 0.970. The zero-order valence-corrected chi connectivity index (χ0v) is 13.6. The minimum atomic E-state index is -0.160. The van der Waals surface area contributed by atoms with Gasteiger partial charge in [0.25, 0.3) is 5.91 Å². The first-order chi connectivity index (χ1) is 11.1. The SMILES string of the molecule is CC(C)COc1cccc(C(=O)NCc2ccccc2CO)c1. The fourth-order valence-electron chi connectivity index (χ4n) is 2.15. The number of ether oxygens (including phenoxy) is 1. The Morgan fingerprint density at radius 3 is 2.57 bits per heavy atom. The Labute approximate surface area is 137 Å². The Kier molecular flexibility index (Phi) is 6.18. The smallest absolute Gasteiger partial charge is 0.251 e. The zero-order valence-electron chi connectivity index (χ0n) is 13.6. The number of nitrogens with one attached hydrogen (secondary N) is 1. The molecule has 0 bridgehead atoms. The Hall–Kier alpha value is -2.33. The summed E-state index contributed by atoms with van der Waals surface area (Å²) >= 11 is 0. The Bertz CT molecular complexity index is 653. The van der Waals surface area contributed by atoms with E-state index in [2.05, 4.69) is 19.2 Å². The van der Waals surface area contributed by atoms with E-state index < -0.39 is 0 Å². The van der Waals surface area contributed by atoms with Crippen LogP contribution < -0.4 is 10.1 Å². The molecule has 23 heavy (non-hydrogen) atoms. The first kappa shape index (κ1) is 17.0. The van der Waals surface area contributed by atoms with E-state index in [0.29, 0.717) is 30.4 Å². The second kappa shape index (κ2) is 8.34. The molecule has 0 unspecified atom stereocenters. The van der Waals surface area contributed by atoms with Gasteiger partial charge in [0.1, 0.15) is 5.75 Å². The van der Waals surface area contributed by atoms with Gasteiger partial charge in [-0.15, -0.1) is 0 Å². The molecule has 0 heterocycles. The normalized spacial score (nSPS) is 10.6. The van der Waals surface area contributed by atoms with Gasteiger partial charge in [-0.1, -0.05) is 44.2 Å². The molecule has 122 valence electrons. The van der Waals surface area contributed by atoms with Crippen molar-refractivity contribution >= 4 is 5.91 Å². The lowest BCUT2D eigenvalue weighted by Gasteiger charge is -2.11. The maximum Gasteiger partial charge on any atom is 0.251 e. The monoisotopic (exact) mass is 313 g/mol. The molecule has 2 N–H and O–H groups in total. The lowest BCUT2D eigenvalue weighted by Crippen LogP contribution is -2.23. The highest BCUT2D eigenvalue weighted by atomic mass is 16.5. The van der Waals surface area contributed by atoms with E-state index in [1.807, 2.05) is 36.4 Å². The van der Waals surface area contributed by atoms with Crippen LogP contribution in [0.15, 0.2) is 48.5 Å². The second-order valence-electron chi connectivity index (χ2n) is 5.84. The average Bonchev–Trinajstić information content (AvgIpc) is 2.58. The van der Waals surface area contributed by atoms with Gasteiger partial charge < -0.3 is 15.2 Å². The van der Waals surface area contributed by atoms with E-state index in [4.69, 9.17) is 4.74 Å². The van der Waals surface area contributed by atoms with Gasteiger partial charge in [-0.3, -0.25) is 4.79 Å². The average molecular weight is 313 g/mol. The fraction of sp³-hybridized carbons (Fsp3) is 0.316. The molecule has 0 atom stereocenters. The standard InChI is InChI=1S/C19H23NO3/c1-14(2)13-23-18-9-5-8-15(10-18)19(22)20-11-16-6-3-4-7-17(16)12-21/h3-10,14,21H,11-13H2,1-2H3,(H,20,22). The molecule has 0 spiro atoms. The van der Waals surface area contributed by atoms with Gasteiger partial charge in [-0.2, -0.15) is 0 Å². The van der Waals surface area contributed by atoms with Crippen molar-refractivity contribution in [1.29, 1.82) is 0 Å². The van der Waals surface area contributed by atoms with Crippen LogP contribution in [0.25, 0.3) is 0 Å². The van der Waals surface area contributed by atoms with E-state index in [1.54, 1.807) is 12.1 Å². The predicted molar refractivity (Wildman–Crippen MR) is 90.3 cm³/mol. The minimum Gasteiger partial charge on any atom is -0.493 e. The van der Waals surface area contributed by atoms with Crippen LogP contribution in [0.4, 0.5) is 0 Å². The van der Waals surface area contributed by atoms with Crippen molar-refractivity contribution in [2.24, 2.45) is 5.92 Å². The summed E-state index contributed by atoms with van der Waals surface area (Å²) in [5, 5.41) is 12.2. The molecule has 2 aromatic carbocycles. The number of benzene rings is 2. The van der Waals surface area contributed by atoms with E-state index in [1.165, 1.54) is 0 Å². The number of hydrogen-bond acceptors (Lipinski definition) is 3. The van der Waals surface area contributed by atoms with Crippen molar-refractivity contribution in [1.82, 2.24) is 5.32 Å². The van der Waals surface area contributed by atoms with Crippen LogP contribution in [-0.2, 0) is 13.2 Å². The Morgan fingerprint density at radius 1 is 1.13 bits per heavy atom. The van der Waals surface area contributed by atoms with E-state index in [0.717, 1.165) is 11.1 Å². The third kappa shape index (κ3) is 5.11. The number of amides is 1. The molecule has 1 amide bonds. The van der Waals surface area contributed by atoms with Crippen LogP contribution in [0, 0.1) is 5.92 Å². The number of hydrogen-bond donors (Lipinski definition) is 2. The van der Waals surface area contributed by atoms with Gasteiger partial charge in [-0.05, 0) is 35.2 Å². The van der Waals surface area contributed by atoms with Crippen molar-refractivity contribution in [3.63, 3.8) is 0 Å². The molecule has 4 heteroatoms. The van der Waals surface area contributed by atoms with E-state index >= 15 is 0 Å². The summed E-state index contributed by atoms with van der Waals surface area (Å²) in [7, 11) is 0. The zero-order chi connectivity index (χ0) is 16.7. The molecule has 0 saturated heterocycles. The molecule has 0 aliphatic rings. The third-order valence-corrected chi connectivity index (χ3v) is 3.41. The molecule has 0 aliphatic carbocycles. The van der Waals surface area contributed by atoms with Gasteiger partial charge in [0.2, 0.25) is 0 Å². The van der Waals surface area contributed by atoms with E-state index in [9.17, 15) is 9.90 Å². The Balaban J connectivity index is 1.99. The van der Waals surface area contributed by atoms with Gasteiger partial charge in [0.15, 0.2) is 0 Å². The largest absolute Gasteiger partial charge is 0.493 e. The molecular weight excluding hydrogens is 290 g/mol. The Morgan fingerprint density at radius 2 is 1.87 bits per heavy atom. The molecule has 2 rings (SSSR count). The summed E-state index contributed by atoms with van der Waals surface area (Å²) < 4.78 is 5.64. The highest BCUT2D eigenvalue weighted by molar-refractivity contribution is 5.94. The second-order valence-corrected chi connectivity index (χ2v) is 5.84. The van der Waals surface area contributed by atoms with Crippen molar-refractivity contribution in [2.75, 3.05) is 6.61 Å². The quantitative estimate of drug-likeness (QED) is 0.825. The number of aliphatic hydroxyl groups excluding tert-OH is 1. The first-order valence-corrected chi connectivity index (χ1v) is 7.79. The molecule has 2 aromatic rings. The highest BCUT2D eigenvalue weighted by Gasteiger charge is 2.08. The van der Waals surface area contributed by atoms with Crippen molar-refractivity contribution in [3.8, 4) is 5.75 Å². The van der Waals surface area contributed by atoms with Crippen LogP contribution in [0.5, 0.6) is 5.75 Å². The van der Waals surface area contributed by atoms with Crippen LogP contribution in [0.3, 0.4) is 0 Å².